The molecule has 4 aromatic heterocycles. The zero-order chi connectivity index (χ0) is 22.6. The summed E-state index contributed by atoms with van der Waals surface area (Å²) in [6, 6.07) is 5.73. The minimum atomic E-state index is -0.736. The molecule has 0 saturated carbocycles. The molecule has 0 spiro atoms. The highest BCUT2D eigenvalue weighted by Gasteiger charge is 2.20. The highest BCUT2D eigenvalue weighted by Crippen LogP contribution is 2.30. The van der Waals surface area contributed by atoms with Gasteiger partial charge in [0, 0.05) is 17.1 Å². The first-order valence-corrected chi connectivity index (χ1v) is 10.3. The third-order valence-electron chi connectivity index (χ3n) is 5.61. The second-order valence-electron chi connectivity index (χ2n) is 8.13. The lowest BCUT2D eigenvalue weighted by atomic mass is 10.0. The number of rotatable bonds is 3. The van der Waals surface area contributed by atoms with Gasteiger partial charge < -0.3 is 4.98 Å². The Hall–Kier alpha value is -4.14. The van der Waals surface area contributed by atoms with Crippen molar-refractivity contribution in [3.63, 3.8) is 0 Å². The van der Waals surface area contributed by atoms with Crippen LogP contribution in [0.5, 0.6) is 0 Å². The maximum Gasteiger partial charge on any atom is 0.322 e. The quantitative estimate of drug-likeness (QED) is 0.427. The Morgan fingerprint density at radius 1 is 0.969 bits per heavy atom. The van der Waals surface area contributed by atoms with Gasteiger partial charge in [-0.25, -0.2) is 9.97 Å². The average Bonchev–Trinajstić information content (AvgIpc) is 3.23. The third kappa shape index (κ3) is 2.93. The fourth-order valence-corrected chi connectivity index (χ4v) is 4.04. The van der Waals surface area contributed by atoms with E-state index in [0.717, 1.165) is 27.6 Å². The molecule has 1 aromatic carbocycles. The normalized spacial score (nSPS) is 11.7. The molecule has 0 aliphatic carbocycles. The first-order valence-electron chi connectivity index (χ1n) is 10.3. The van der Waals surface area contributed by atoms with Gasteiger partial charge >= 0.3 is 11.1 Å². The fourth-order valence-electron chi connectivity index (χ4n) is 4.04. The second kappa shape index (κ2) is 7.23. The molecule has 0 amide bonds. The van der Waals surface area contributed by atoms with E-state index in [-0.39, 0.29) is 5.92 Å². The van der Waals surface area contributed by atoms with Crippen LogP contribution in [0.4, 0.5) is 0 Å². The van der Waals surface area contributed by atoms with E-state index >= 15 is 0 Å². The topological polar surface area (TPSA) is 122 Å². The molecule has 0 aliphatic rings. The van der Waals surface area contributed by atoms with Crippen molar-refractivity contribution in [1.29, 1.82) is 0 Å². The van der Waals surface area contributed by atoms with Crippen molar-refractivity contribution >= 4 is 22.1 Å². The third-order valence-corrected chi connectivity index (χ3v) is 5.61. The summed E-state index contributed by atoms with van der Waals surface area (Å²) in [6.07, 6.45) is 4.97. The molecular weight excluding hydrogens is 406 g/mol. The standard InChI is InChI=1S/C23H21N7O2/c1-11(2)18-19(13(4)7-8-24-18)30-21-16(27-22(31)23(30)32)10-25-20(28-21)17-12(3)5-6-15-14(17)9-26-29-15/h5-11H,1-4H3,(H,26,29)(H,27,31). The van der Waals surface area contributed by atoms with Crippen LogP contribution in [0.1, 0.15) is 36.6 Å². The van der Waals surface area contributed by atoms with E-state index in [1.54, 1.807) is 12.4 Å². The Morgan fingerprint density at radius 2 is 1.78 bits per heavy atom. The average molecular weight is 427 g/mol. The van der Waals surface area contributed by atoms with Gasteiger partial charge in [0.2, 0.25) is 0 Å². The van der Waals surface area contributed by atoms with E-state index in [4.69, 9.17) is 4.98 Å². The van der Waals surface area contributed by atoms with Crippen LogP contribution in [-0.2, 0) is 0 Å². The molecule has 9 nitrogen and oxygen atoms in total. The summed E-state index contributed by atoms with van der Waals surface area (Å²) in [7, 11) is 0. The highest BCUT2D eigenvalue weighted by molar-refractivity contribution is 5.94. The van der Waals surface area contributed by atoms with Crippen LogP contribution in [0, 0.1) is 13.8 Å². The summed E-state index contributed by atoms with van der Waals surface area (Å²) >= 11 is 0. The number of aromatic nitrogens is 7. The van der Waals surface area contributed by atoms with Gasteiger partial charge in [-0.15, -0.1) is 0 Å². The first kappa shape index (κ1) is 19.8. The smallest absolute Gasteiger partial charge is 0.313 e. The summed E-state index contributed by atoms with van der Waals surface area (Å²) in [5.41, 5.74) is 4.00. The number of hydrogen-bond acceptors (Lipinski definition) is 6. The number of fused-ring (bicyclic) bond motifs is 2. The zero-order valence-corrected chi connectivity index (χ0v) is 18.1. The van der Waals surface area contributed by atoms with Gasteiger partial charge in [-0.1, -0.05) is 19.9 Å². The molecule has 0 radical (unpaired) electrons. The van der Waals surface area contributed by atoms with Gasteiger partial charge in [0.15, 0.2) is 11.5 Å². The number of nitrogens with zero attached hydrogens (tertiary/aromatic N) is 5. The summed E-state index contributed by atoms with van der Waals surface area (Å²) < 4.78 is 1.36. The maximum atomic E-state index is 13.1. The van der Waals surface area contributed by atoms with Gasteiger partial charge in [-0.05, 0) is 43.0 Å². The summed E-state index contributed by atoms with van der Waals surface area (Å²) in [5.74, 6) is 0.476. The van der Waals surface area contributed by atoms with Crippen molar-refractivity contribution in [2.45, 2.75) is 33.6 Å². The van der Waals surface area contributed by atoms with Crippen molar-refractivity contribution in [2.75, 3.05) is 0 Å². The molecule has 4 heterocycles. The Morgan fingerprint density at radius 3 is 2.56 bits per heavy atom. The Kier molecular flexibility index (Phi) is 4.47. The molecular formula is C23H21N7O2. The van der Waals surface area contributed by atoms with Crippen molar-refractivity contribution in [3.05, 3.63) is 74.3 Å². The number of aryl methyl sites for hydroxylation is 2. The van der Waals surface area contributed by atoms with Gasteiger partial charge in [-0.2, -0.15) is 5.10 Å². The lowest BCUT2D eigenvalue weighted by Crippen LogP contribution is -2.37. The van der Waals surface area contributed by atoms with Gasteiger partial charge in [0.25, 0.3) is 0 Å². The largest absolute Gasteiger partial charge is 0.322 e. The second-order valence-corrected chi connectivity index (χ2v) is 8.13. The monoisotopic (exact) mass is 427 g/mol. The predicted molar refractivity (Wildman–Crippen MR) is 122 cm³/mol. The van der Waals surface area contributed by atoms with E-state index in [2.05, 4.69) is 25.1 Å². The van der Waals surface area contributed by atoms with Crippen LogP contribution >= 0.6 is 0 Å². The van der Waals surface area contributed by atoms with Crippen LogP contribution in [0.3, 0.4) is 0 Å². The SMILES string of the molecule is Cc1ccnc(C(C)C)c1-n1c(=O)c(=O)[nH]c2cnc(-c3c(C)ccc4[nH]ncc34)nc21. The zero-order valence-electron chi connectivity index (χ0n) is 18.1. The fraction of sp³-hybridized carbons (Fsp3) is 0.217. The van der Waals surface area contributed by atoms with E-state index in [9.17, 15) is 9.59 Å². The molecule has 0 unspecified atom stereocenters. The summed E-state index contributed by atoms with van der Waals surface area (Å²) in [5, 5.41) is 7.97. The van der Waals surface area contributed by atoms with Gasteiger partial charge in [0.1, 0.15) is 5.52 Å². The highest BCUT2D eigenvalue weighted by atomic mass is 16.2. The minimum absolute atomic E-state index is 0.0365. The predicted octanol–water partition coefficient (Wildman–Crippen LogP) is 3.15. The molecule has 0 bridgehead atoms. The first-order chi connectivity index (χ1) is 15.4. The van der Waals surface area contributed by atoms with Crippen molar-refractivity contribution in [3.8, 4) is 17.1 Å². The number of benzene rings is 1. The van der Waals surface area contributed by atoms with Crippen molar-refractivity contribution in [2.24, 2.45) is 0 Å². The number of aromatic amines is 2. The molecule has 5 rings (SSSR count). The van der Waals surface area contributed by atoms with E-state index in [1.807, 2.05) is 45.9 Å². The minimum Gasteiger partial charge on any atom is -0.313 e. The van der Waals surface area contributed by atoms with Crippen molar-refractivity contribution < 1.29 is 0 Å². The van der Waals surface area contributed by atoms with Crippen LogP contribution in [-0.4, -0.2) is 34.7 Å². The molecule has 9 heteroatoms. The van der Waals surface area contributed by atoms with E-state index < -0.39 is 11.1 Å². The van der Waals surface area contributed by atoms with Crippen LogP contribution < -0.4 is 11.1 Å². The summed E-state index contributed by atoms with van der Waals surface area (Å²) in [4.78, 5) is 42.0. The number of hydrogen-bond donors (Lipinski definition) is 2. The van der Waals surface area contributed by atoms with Crippen LogP contribution in [0.15, 0.2) is 46.4 Å². The number of H-pyrrole nitrogens is 2. The molecule has 0 saturated heterocycles. The molecule has 32 heavy (non-hydrogen) atoms. The molecule has 5 aromatic rings. The Balaban J connectivity index is 1.91. The maximum absolute atomic E-state index is 13.1. The van der Waals surface area contributed by atoms with Crippen molar-refractivity contribution in [1.82, 2.24) is 34.7 Å². The number of pyridine rings is 1. The summed E-state index contributed by atoms with van der Waals surface area (Å²) in [6.45, 7) is 7.85. The Labute approximate surface area is 182 Å². The molecule has 0 atom stereocenters. The van der Waals surface area contributed by atoms with Gasteiger partial charge in [0.05, 0.1) is 29.3 Å². The molecule has 0 aliphatic heterocycles. The number of nitrogens with one attached hydrogen (secondary N) is 2. The van der Waals surface area contributed by atoms with Crippen LogP contribution in [0.2, 0.25) is 0 Å². The van der Waals surface area contributed by atoms with Crippen LogP contribution in [0.25, 0.3) is 39.1 Å². The molecule has 2 N–H and O–H groups in total. The van der Waals surface area contributed by atoms with E-state index in [0.29, 0.717) is 28.4 Å². The lowest BCUT2D eigenvalue weighted by Gasteiger charge is -2.17. The van der Waals surface area contributed by atoms with E-state index in [1.165, 1.54) is 10.8 Å². The molecule has 0 fully saturated rings. The Bertz CT molecular complexity index is 1630. The molecule has 160 valence electrons. The lowest BCUT2D eigenvalue weighted by molar-refractivity contribution is 0.793. The van der Waals surface area contributed by atoms with Gasteiger partial charge in [-0.3, -0.25) is 24.2 Å².